The topological polar surface area (TPSA) is 12.0 Å². The number of hydrogen-bond donors (Lipinski definition) is 1. The quantitative estimate of drug-likeness (QED) is 0.679. The van der Waals surface area contributed by atoms with E-state index in [1.807, 2.05) is 31.7 Å². The summed E-state index contributed by atoms with van der Waals surface area (Å²) in [5.74, 6) is 1.04. The molecule has 0 saturated carbocycles. The van der Waals surface area contributed by atoms with E-state index < -0.39 is 0 Å². The second kappa shape index (κ2) is 5.69. The van der Waals surface area contributed by atoms with Gasteiger partial charge in [-0.25, -0.2) is 0 Å². The minimum absolute atomic E-state index is 0.0824. The third kappa shape index (κ3) is 2.98. The Morgan fingerprint density at radius 3 is 2.56 bits per heavy atom. The summed E-state index contributed by atoms with van der Waals surface area (Å²) in [5.41, 5.74) is 1.23. The zero-order valence-corrected chi connectivity index (χ0v) is 12.0. The molecule has 0 amide bonds. The van der Waals surface area contributed by atoms with Crippen LogP contribution in [0.1, 0.15) is 27.7 Å². The van der Waals surface area contributed by atoms with Gasteiger partial charge < -0.3 is 5.32 Å². The van der Waals surface area contributed by atoms with Gasteiger partial charge in [-0.15, -0.1) is 11.8 Å². The van der Waals surface area contributed by atoms with E-state index >= 15 is 0 Å². The van der Waals surface area contributed by atoms with Gasteiger partial charge in [0.15, 0.2) is 0 Å². The molecule has 0 spiro atoms. The summed E-state index contributed by atoms with van der Waals surface area (Å²) < 4.78 is 0. The predicted molar refractivity (Wildman–Crippen MR) is 78.5 cm³/mol. The molecule has 0 aliphatic carbocycles. The molecular formula is C13H19NS2. The van der Waals surface area contributed by atoms with Crippen molar-refractivity contribution in [3.8, 4) is 0 Å². The minimum atomic E-state index is 0.0824. The molecule has 0 atom stereocenters. The van der Waals surface area contributed by atoms with Crippen LogP contribution < -0.4 is 5.32 Å². The van der Waals surface area contributed by atoms with Gasteiger partial charge >= 0.3 is 0 Å². The number of fused-ring (bicyclic) bond motifs is 1. The molecule has 1 aromatic carbocycles. The maximum atomic E-state index is 5.38. The molecule has 0 fully saturated rings. The third-order valence-electron chi connectivity index (χ3n) is 2.34. The Balaban J connectivity index is 0.000000606. The smallest absolute Gasteiger partial charge is 0.0863 e. The van der Waals surface area contributed by atoms with E-state index in [9.17, 15) is 0 Å². The fourth-order valence-corrected chi connectivity index (χ4v) is 2.69. The first kappa shape index (κ1) is 13.5. The van der Waals surface area contributed by atoms with Gasteiger partial charge in [-0.2, -0.15) is 0 Å². The van der Waals surface area contributed by atoms with Crippen LogP contribution in [0, 0.1) is 5.41 Å². The molecule has 3 heteroatoms. The van der Waals surface area contributed by atoms with Crippen LogP contribution in [0.15, 0.2) is 29.2 Å². The molecule has 0 unspecified atom stereocenters. The first-order valence-electron chi connectivity index (χ1n) is 5.63. The average Bonchev–Trinajstić information content (AvgIpc) is 2.40. The second-order valence-electron chi connectivity index (χ2n) is 4.12. The van der Waals surface area contributed by atoms with Crippen LogP contribution in [0.5, 0.6) is 0 Å². The predicted octanol–water partition coefficient (Wildman–Crippen LogP) is 4.58. The molecule has 2 rings (SSSR count). The van der Waals surface area contributed by atoms with E-state index in [1.54, 1.807) is 0 Å². The lowest BCUT2D eigenvalue weighted by atomic mass is 9.96. The fraction of sp³-hybridized carbons (Fsp3) is 0.462. The monoisotopic (exact) mass is 253 g/mol. The van der Waals surface area contributed by atoms with Crippen molar-refractivity contribution in [3.63, 3.8) is 0 Å². The zero-order chi connectivity index (χ0) is 12.2. The number of anilines is 1. The van der Waals surface area contributed by atoms with Crippen molar-refractivity contribution in [1.29, 1.82) is 0 Å². The number of nitrogens with one attached hydrogen (secondary N) is 1. The van der Waals surface area contributed by atoms with Crippen molar-refractivity contribution in [2.45, 2.75) is 32.6 Å². The molecule has 1 heterocycles. The lowest BCUT2D eigenvalue weighted by Gasteiger charge is -2.22. The minimum Gasteiger partial charge on any atom is -0.349 e. The highest BCUT2D eigenvalue weighted by Crippen LogP contribution is 2.37. The Kier molecular flexibility index (Phi) is 4.81. The Morgan fingerprint density at radius 1 is 1.25 bits per heavy atom. The van der Waals surface area contributed by atoms with Crippen molar-refractivity contribution < 1.29 is 0 Å². The molecule has 0 radical (unpaired) electrons. The Bertz CT molecular complexity index is 372. The largest absolute Gasteiger partial charge is 0.349 e. The van der Waals surface area contributed by atoms with Crippen molar-refractivity contribution in [2.75, 3.05) is 11.1 Å². The molecule has 1 nitrogen and oxygen atoms in total. The van der Waals surface area contributed by atoms with E-state index in [4.69, 9.17) is 12.2 Å². The van der Waals surface area contributed by atoms with E-state index in [0.717, 1.165) is 16.4 Å². The van der Waals surface area contributed by atoms with E-state index in [0.29, 0.717) is 0 Å². The molecular weight excluding hydrogens is 234 g/mol. The van der Waals surface area contributed by atoms with Crippen LogP contribution in [0.25, 0.3) is 0 Å². The molecule has 88 valence electrons. The summed E-state index contributed by atoms with van der Waals surface area (Å²) in [7, 11) is 0. The van der Waals surface area contributed by atoms with Gasteiger partial charge in [0.25, 0.3) is 0 Å². The number of rotatable bonds is 0. The van der Waals surface area contributed by atoms with Crippen molar-refractivity contribution in [1.82, 2.24) is 0 Å². The Morgan fingerprint density at radius 2 is 1.88 bits per heavy atom. The molecule has 16 heavy (non-hydrogen) atoms. The average molecular weight is 253 g/mol. The van der Waals surface area contributed by atoms with Crippen LogP contribution >= 0.6 is 24.0 Å². The van der Waals surface area contributed by atoms with Gasteiger partial charge in [-0.1, -0.05) is 52.0 Å². The Hall–Kier alpha value is -0.540. The maximum Gasteiger partial charge on any atom is 0.0863 e. The first-order valence-corrected chi connectivity index (χ1v) is 7.02. The standard InChI is InChI=1S/C11H13NS2.C2H6/c1-11(2)7-14-9-6-4-3-5-8(9)12-10(11)13;1-2/h3-6H,7H2,1-2H3,(H,12,13);1-2H3. The number of benzene rings is 1. The summed E-state index contributed by atoms with van der Waals surface area (Å²) in [6, 6.07) is 8.31. The van der Waals surface area contributed by atoms with Crippen molar-refractivity contribution in [3.05, 3.63) is 24.3 Å². The van der Waals surface area contributed by atoms with E-state index in [1.165, 1.54) is 4.90 Å². The highest BCUT2D eigenvalue weighted by molar-refractivity contribution is 7.99. The highest BCUT2D eigenvalue weighted by atomic mass is 32.2. The number of thioether (sulfide) groups is 1. The van der Waals surface area contributed by atoms with Gasteiger partial charge in [0.05, 0.1) is 10.7 Å². The van der Waals surface area contributed by atoms with Crippen LogP contribution in [-0.2, 0) is 0 Å². The van der Waals surface area contributed by atoms with Crippen LogP contribution in [0.2, 0.25) is 0 Å². The summed E-state index contributed by atoms with van der Waals surface area (Å²) in [5, 5.41) is 3.32. The second-order valence-corrected chi connectivity index (χ2v) is 5.55. The zero-order valence-electron chi connectivity index (χ0n) is 10.3. The van der Waals surface area contributed by atoms with E-state index in [2.05, 4.69) is 37.4 Å². The summed E-state index contributed by atoms with van der Waals surface area (Å²) >= 11 is 7.25. The molecule has 1 aliphatic rings. The first-order chi connectivity index (χ1) is 7.59. The highest BCUT2D eigenvalue weighted by Gasteiger charge is 2.27. The summed E-state index contributed by atoms with van der Waals surface area (Å²) in [6.07, 6.45) is 0. The SMILES string of the molecule is CC.CC1(C)CSc2ccccc2NC1=S. The fourth-order valence-electron chi connectivity index (χ4n) is 1.31. The van der Waals surface area contributed by atoms with Gasteiger partial charge in [-0.05, 0) is 12.1 Å². The number of para-hydroxylation sites is 1. The van der Waals surface area contributed by atoms with Gasteiger partial charge in [-0.3, -0.25) is 0 Å². The number of hydrogen-bond acceptors (Lipinski definition) is 2. The normalized spacial score (nSPS) is 17.4. The molecule has 1 aromatic rings. The van der Waals surface area contributed by atoms with Crippen LogP contribution in [0.4, 0.5) is 5.69 Å². The lowest BCUT2D eigenvalue weighted by molar-refractivity contribution is 0.614. The van der Waals surface area contributed by atoms with Gasteiger partial charge in [0.1, 0.15) is 0 Å². The summed E-state index contributed by atoms with van der Waals surface area (Å²) in [6.45, 7) is 8.36. The lowest BCUT2D eigenvalue weighted by Crippen LogP contribution is -2.29. The van der Waals surface area contributed by atoms with E-state index in [-0.39, 0.29) is 5.41 Å². The Labute approximate surface area is 108 Å². The van der Waals surface area contributed by atoms with Crippen LogP contribution in [-0.4, -0.2) is 10.7 Å². The maximum absolute atomic E-state index is 5.38. The van der Waals surface area contributed by atoms with Crippen LogP contribution in [0.3, 0.4) is 0 Å². The van der Waals surface area contributed by atoms with Gasteiger partial charge in [0, 0.05) is 16.1 Å². The van der Waals surface area contributed by atoms with Crippen molar-refractivity contribution in [2.24, 2.45) is 5.41 Å². The van der Waals surface area contributed by atoms with Gasteiger partial charge in [0.2, 0.25) is 0 Å². The molecule has 1 aliphatic heterocycles. The number of thiocarbonyl (C=S) groups is 1. The molecule has 0 saturated heterocycles. The third-order valence-corrected chi connectivity index (χ3v) is 4.53. The molecule has 1 N–H and O–H groups in total. The summed E-state index contributed by atoms with van der Waals surface area (Å²) in [4.78, 5) is 2.23. The van der Waals surface area contributed by atoms with Crippen molar-refractivity contribution >= 4 is 34.7 Å². The molecule has 0 aromatic heterocycles. The molecule has 0 bridgehead atoms.